The van der Waals surface area contributed by atoms with E-state index in [2.05, 4.69) is 0 Å². The highest BCUT2D eigenvalue weighted by atomic mass is 35.5. The molecule has 1 unspecified atom stereocenters. The van der Waals surface area contributed by atoms with Gasteiger partial charge in [0, 0.05) is 33.2 Å². The standard InChI is InChI=1S/C18H15Cl3O4/c1-9(18(22)23)13-8-25-16-6-17(15(21)5-12(13)16)24-7-10-2-3-11(19)4-14(10)20/h2-6,9,13H,7-8H2,1H3,(H,22,23)/t9?,13-/m0/s1. The predicted molar refractivity (Wildman–Crippen MR) is 97.3 cm³/mol. The van der Waals surface area contributed by atoms with Crippen molar-refractivity contribution in [2.45, 2.75) is 19.4 Å². The number of hydrogen-bond donors (Lipinski definition) is 1. The number of carboxylic acid groups (broad SMARTS) is 1. The molecule has 0 spiro atoms. The number of halogens is 3. The van der Waals surface area contributed by atoms with E-state index >= 15 is 0 Å². The fourth-order valence-corrected chi connectivity index (χ4v) is 3.41. The number of hydrogen-bond acceptors (Lipinski definition) is 3. The maximum atomic E-state index is 11.2. The molecule has 0 saturated heterocycles. The lowest BCUT2D eigenvalue weighted by Gasteiger charge is -2.15. The van der Waals surface area contributed by atoms with Gasteiger partial charge in [0.05, 0.1) is 17.5 Å². The van der Waals surface area contributed by atoms with Gasteiger partial charge < -0.3 is 14.6 Å². The van der Waals surface area contributed by atoms with E-state index in [-0.39, 0.29) is 12.5 Å². The molecule has 2 aromatic carbocycles. The molecular formula is C18H15Cl3O4. The lowest BCUT2D eigenvalue weighted by molar-refractivity contribution is -0.142. The second-order valence-corrected chi connectivity index (χ2v) is 7.14. The van der Waals surface area contributed by atoms with E-state index in [4.69, 9.17) is 44.3 Å². The lowest BCUT2D eigenvalue weighted by Crippen LogP contribution is -2.19. The minimum Gasteiger partial charge on any atom is -0.492 e. The zero-order chi connectivity index (χ0) is 18.1. The van der Waals surface area contributed by atoms with E-state index in [9.17, 15) is 9.90 Å². The molecule has 0 amide bonds. The Hall–Kier alpha value is -1.62. The van der Waals surface area contributed by atoms with Crippen LogP contribution in [0.2, 0.25) is 15.1 Å². The van der Waals surface area contributed by atoms with Crippen LogP contribution in [0.3, 0.4) is 0 Å². The molecule has 132 valence electrons. The van der Waals surface area contributed by atoms with Gasteiger partial charge in [-0.25, -0.2) is 0 Å². The maximum Gasteiger partial charge on any atom is 0.306 e. The molecule has 1 aliphatic rings. The summed E-state index contributed by atoms with van der Waals surface area (Å²) in [6, 6.07) is 8.57. The summed E-state index contributed by atoms with van der Waals surface area (Å²) < 4.78 is 11.4. The largest absolute Gasteiger partial charge is 0.492 e. The highest BCUT2D eigenvalue weighted by Gasteiger charge is 2.33. The van der Waals surface area contributed by atoms with E-state index in [1.165, 1.54) is 0 Å². The summed E-state index contributed by atoms with van der Waals surface area (Å²) in [6.45, 7) is 2.20. The highest BCUT2D eigenvalue weighted by molar-refractivity contribution is 6.35. The summed E-state index contributed by atoms with van der Waals surface area (Å²) in [5.74, 6) is -0.605. The van der Waals surface area contributed by atoms with Gasteiger partial charge in [0.2, 0.25) is 0 Å². The van der Waals surface area contributed by atoms with Crippen molar-refractivity contribution in [3.05, 3.63) is 56.5 Å². The number of benzene rings is 2. The Kier molecular flexibility index (Phi) is 5.32. The fraction of sp³-hybridized carbons (Fsp3) is 0.278. The highest BCUT2D eigenvalue weighted by Crippen LogP contribution is 2.43. The summed E-state index contributed by atoms with van der Waals surface area (Å²) in [5, 5.41) is 10.7. The maximum absolute atomic E-state index is 11.2. The van der Waals surface area contributed by atoms with Crippen LogP contribution in [0.5, 0.6) is 11.5 Å². The van der Waals surface area contributed by atoms with Crippen LogP contribution in [0.1, 0.15) is 24.0 Å². The van der Waals surface area contributed by atoms with E-state index in [0.717, 1.165) is 11.1 Å². The summed E-state index contributed by atoms with van der Waals surface area (Å²) in [6.07, 6.45) is 0. The first-order chi connectivity index (χ1) is 11.9. The smallest absolute Gasteiger partial charge is 0.306 e. The predicted octanol–water partition coefficient (Wildman–Crippen LogP) is 5.42. The molecule has 1 heterocycles. The van der Waals surface area contributed by atoms with Crippen molar-refractivity contribution in [2.75, 3.05) is 6.61 Å². The van der Waals surface area contributed by atoms with Gasteiger partial charge >= 0.3 is 5.97 Å². The molecule has 0 radical (unpaired) electrons. The molecule has 2 aromatic rings. The third kappa shape index (κ3) is 3.81. The Morgan fingerprint density at radius 1 is 1.28 bits per heavy atom. The van der Waals surface area contributed by atoms with Gasteiger partial charge in [0.25, 0.3) is 0 Å². The van der Waals surface area contributed by atoms with Crippen LogP contribution >= 0.6 is 34.8 Å². The average molecular weight is 402 g/mol. The van der Waals surface area contributed by atoms with Gasteiger partial charge in [-0.1, -0.05) is 47.8 Å². The summed E-state index contributed by atoms with van der Waals surface area (Å²) >= 11 is 18.3. The molecule has 4 nitrogen and oxygen atoms in total. The molecule has 0 bridgehead atoms. The van der Waals surface area contributed by atoms with Crippen molar-refractivity contribution in [3.63, 3.8) is 0 Å². The van der Waals surface area contributed by atoms with Crippen LogP contribution in [0.4, 0.5) is 0 Å². The Morgan fingerprint density at radius 2 is 2.04 bits per heavy atom. The van der Waals surface area contributed by atoms with Crippen LogP contribution in [0.25, 0.3) is 0 Å². The van der Waals surface area contributed by atoms with E-state index in [1.807, 2.05) is 0 Å². The average Bonchev–Trinajstić information content (AvgIpc) is 2.95. The van der Waals surface area contributed by atoms with Crippen molar-refractivity contribution < 1.29 is 19.4 Å². The third-order valence-corrected chi connectivity index (χ3v) is 5.16. The molecular weight excluding hydrogens is 387 g/mol. The van der Waals surface area contributed by atoms with Crippen molar-refractivity contribution in [2.24, 2.45) is 5.92 Å². The number of rotatable bonds is 5. The van der Waals surface area contributed by atoms with Gasteiger partial charge in [0.1, 0.15) is 18.1 Å². The first-order valence-electron chi connectivity index (χ1n) is 7.62. The van der Waals surface area contributed by atoms with Gasteiger partial charge in [-0.15, -0.1) is 0 Å². The van der Waals surface area contributed by atoms with Crippen LogP contribution < -0.4 is 9.47 Å². The van der Waals surface area contributed by atoms with E-state index < -0.39 is 11.9 Å². The number of aliphatic carboxylic acids is 1. The summed E-state index contributed by atoms with van der Waals surface area (Å²) in [7, 11) is 0. The van der Waals surface area contributed by atoms with Crippen molar-refractivity contribution in [3.8, 4) is 11.5 Å². The van der Waals surface area contributed by atoms with Crippen LogP contribution in [0, 0.1) is 5.92 Å². The summed E-state index contributed by atoms with van der Waals surface area (Å²) in [4.78, 5) is 11.2. The van der Waals surface area contributed by atoms with Gasteiger partial charge in [-0.05, 0) is 18.2 Å². The minimum absolute atomic E-state index is 0.226. The van der Waals surface area contributed by atoms with E-state index in [1.54, 1.807) is 37.3 Å². The number of ether oxygens (including phenoxy) is 2. The number of carboxylic acids is 1. The second-order valence-electron chi connectivity index (χ2n) is 5.89. The molecule has 7 heteroatoms. The molecule has 0 saturated carbocycles. The topological polar surface area (TPSA) is 55.8 Å². The minimum atomic E-state index is -0.865. The number of carbonyl (C=O) groups is 1. The molecule has 0 aliphatic carbocycles. The Morgan fingerprint density at radius 3 is 2.72 bits per heavy atom. The van der Waals surface area contributed by atoms with Crippen molar-refractivity contribution >= 4 is 40.8 Å². The number of fused-ring (bicyclic) bond motifs is 1. The van der Waals surface area contributed by atoms with Crippen molar-refractivity contribution in [1.29, 1.82) is 0 Å². The molecule has 0 aromatic heterocycles. The Balaban J connectivity index is 1.79. The van der Waals surface area contributed by atoms with Gasteiger partial charge in [-0.2, -0.15) is 0 Å². The van der Waals surface area contributed by atoms with E-state index in [0.29, 0.717) is 33.2 Å². The zero-order valence-corrected chi connectivity index (χ0v) is 15.5. The van der Waals surface area contributed by atoms with Gasteiger partial charge in [-0.3, -0.25) is 4.79 Å². The van der Waals surface area contributed by atoms with Crippen molar-refractivity contribution in [1.82, 2.24) is 0 Å². The molecule has 1 N–H and O–H groups in total. The molecule has 0 fully saturated rings. The quantitative estimate of drug-likeness (QED) is 0.726. The SMILES string of the molecule is CC(C(=O)O)[C@@H]1COc2cc(OCc3ccc(Cl)cc3Cl)c(Cl)cc21. The second kappa shape index (κ2) is 7.32. The third-order valence-electron chi connectivity index (χ3n) is 4.27. The zero-order valence-electron chi connectivity index (χ0n) is 13.3. The molecule has 1 aliphatic heterocycles. The monoisotopic (exact) mass is 400 g/mol. The van der Waals surface area contributed by atoms with Crippen LogP contribution in [-0.4, -0.2) is 17.7 Å². The molecule has 3 rings (SSSR count). The first kappa shape index (κ1) is 18.2. The van der Waals surface area contributed by atoms with Crippen LogP contribution in [-0.2, 0) is 11.4 Å². The van der Waals surface area contributed by atoms with Crippen LogP contribution in [0.15, 0.2) is 30.3 Å². The molecule has 25 heavy (non-hydrogen) atoms. The van der Waals surface area contributed by atoms with Gasteiger partial charge in [0.15, 0.2) is 0 Å². The molecule has 2 atom stereocenters. The lowest BCUT2D eigenvalue weighted by atomic mass is 9.89. The Labute approximate surface area is 160 Å². The Bertz CT molecular complexity index is 822. The summed E-state index contributed by atoms with van der Waals surface area (Å²) in [5.41, 5.74) is 1.57. The first-order valence-corrected chi connectivity index (χ1v) is 8.76. The fourth-order valence-electron chi connectivity index (χ4n) is 2.72. The normalized spacial score (nSPS) is 16.9.